The van der Waals surface area contributed by atoms with Crippen molar-refractivity contribution in [2.24, 2.45) is 0 Å². The first-order valence-corrected chi connectivity index (χ1v) is 5.72. The quantitative estimate of drug-likeness (QED) is 0.753. The second kappa shape index (κ2) is 4.23. The number of benzene rings is 1. The van der Waals surface area contributed by atoms with Gasteiger partial charge in [-0.25, -0.2) is 0 Å². The molecule has 82 valence electrons. The van der Waals surface area contributed by atoms with Crippen LogP contribution in [0.1, 0.15) is 18.1 Å². The lowest BCUT2D eigenvalue weighted by atomic mass is 10.1. The molecule has 0 bridgehead atoms. The van der Waals surface area contributed by atoms with Crippen LogP contribution in [-0.2, 0) is 0 Å². The molecule has 1 aliphatic rings. The third-order valence-corrected chi connectivity index (χ3v) is 3.22. The second-order valence-corrected chi connectivity index (χ2v) is 4.57. The number of hydrogen-bond donors (Lipinski definition) is 1. The molecule has 0 amide bonds. The van der Waals surface area contributed by atoms with Crippen LogP contribution in [0.4, 0.5) is 5.69 Å². The van der Waals surface area contributed by atoms with Gasteiger partial charge in [0, 0.05) is 31.4 Å². The van der Waals surface area contributed by atoms with Gasteiger partial charge in [0.25, 0.3) is 0 Å². The van der Waals surface area contributed by atoms with Gasteiger partial charge in [0.15, 0.2) is 0 Å². The Labute approximate surface area is 92.3 Å². The van der Waals surface area contributed by atoms with Crippen molar-refractivity contribution in [3.05, 3.63) is 29.3 Å². The van der Waals surface area contributed by atoms with Crippen LogP contribution >= 0.6 is 0 Å². The molecule has 2 heteroatoms. The lowest BCUT2D eigenvalue weighted by Crippen LogP contribution is -2.49. The Morgan fingerprint density at radius 3 is 2.73 bits per heavy atom. The first-order chi connectivity index (χ1) is 7.16. The highest BCUT2D eigenvalue weighted by Crippen LogP contribution is 2.19. The fourth-order valence-electron chi connectivity index (χ4n) is 2.09. The van der Waals surface area contributed by atoms with Crippen LogP contribution in [0.5, 0.6) is 0 Å². The predicted molar refractivity (Wildman–Crippen MR) is 65.6 cm³/mol. The van der Waals surface area contributed by atoms with Gasteiger partial charge in [-0.1, -0.05) is 6.07 Å². The number of anilines is 1. The molecule has 1 heterocycles. The van der Waals surface area contributed by atoms with Gasteiger partial charge < -0.3 is 10.2 Å². The summed E-state index contributed by atoms with van der Waals surface area (Å²) in [6, 6.07) is 7.35. The summed E-state index contributed by atoms with van der Waals surface area (Å²) >= 11 is 0. The molecule has 0 aliphatic carbocycles. The zero-order valence-corrected chi connectivity index (χ0v) is 9.88. The van der Waals surface area contributed by atoms with Crippen molar-refractivity contribution < 1.29 is 0 Å². The number of piperazine rings is 1. The number of nitrogens with one attached hydrogen (secondary N) is 1. The van der Waals surface area contributed by atoms with E-state index in [1.807, 2.05) is 0 Å². The minimum Gasteiger partial charge on any atom is -0.369 e. The molecule has 1 fully saturated rings. The zero-order valence-electron chi connectivity index (χ0n) is 9.88. The highest BCUT2D eigenvalue weighted by Gasteiger charge is 2.15. The molecule has 1 N–H and O–H groups in total. The highest BCUT2D eigenvalue weighted by atomic mass is 15.2. The first kappa shape index (κ1) is 10.5. The molecule has 0 aromatic heterocycles. The summed E-state index contributed by atoms with van der Waals surface area (Å²) < 4.78 is 0. The van der Waals surface area contributed by atoms with E-state index in [0.717, 1.165) is 19.6 Å². The van der Waals surface area contributed by atoms with Crippen LogP contribution in [0.25, 0.3) is 0 Å². The Kier molecular flexibility index (Phi) is 2.96. The normalized spacial score (nSPS) is 21.8. The molecular formula is C13H20N2. The summed E-state index contributed by atoms with van der Waals surface area (Å²) in [6.45, 7) is 9.92. The molecule has 2 nitrogen and oxygen atoms in total. The van der Waals surface area contributed by atoms with E-state index in [1.54, 1.807) is 0 Å². The Hall–Kier alpha value is -1.02. The van der Waals surface area contributed by atoms with Crippen molar-refractivity contribution in [1.29, 1.82) is 0 Å². The minimum absolute atomic E-state index is 0.598. The van der Waals surface area contributed by atoms with Gasteiger partial charge in [-0.05, 0) is 44.0 Å². The SMILES string of the molecule is Cc1ccc(N2CCN[C@H](C)C2)cc1C. The molecule has 1 atom stereocenters. The lowest BCUT2D eigenvalue weighted by molar-refractivity contribution is 0.485. The monoisotopic (exact) mass is 204 g/mol. The van der Waals surface area contributed by atoms with E-state index in [-0.39, 0.29) is 0 Å². The average molecular weight is 204 g/mol. The smallest absolute Gasteiger partial charge is 0.0370 e. The molecular weight excluding hydrogens is 184 g/mol. The van der Waals surface area contributed by atoms with E-state index in [9.17, 15) is 0 Å². The van der Waals surface area contributed by atoms with Crippen molar-refractivity contribution in [2.45, 2.75) is 26.8 Å². The van der Waals surface area contributed by atoms with Gasteiger partial charge in [0.2, 0.25) is 0 Å². The van der Waals surface area contributed by atoms with Gasteiger partial charge in [0.05, 0.1) is 0 Å². The molecule has 15 heavy (non-hydrogen) atoms. The standard InChI is InChI=1S/C13H20N2/c1-10-4-5-13(8-11(10)2)15-7-6-14-12(3)9-15/h4-5,8,12,14H,6-7,9H2,1-3H3/t12-/m1/s1. The van der Waals surface area contributed by atoms with Crippen LogP contribution in [0.15, 0.2) is 18.2 Å². The molecule has 0 unspecified atom stereocenters. The number of aryl methyl sites for hydroxylation is 2. The number of rotatable bonds is 1. The van der Waals surface area contributed by atoms with Crippen molar-refractivity contribution in [3.63, 3.8) is 0 Å². The van der Waals surface area contributed by atoms with E-state index in [0.29, 0.717) is 6.04 Å². The Bertz CT molecular complexity index is 346. The lowest BCUT2D eigenvalue weighted by Gasteiger charge is -2.34. The molecule has 1 aromatic carbocycles. The number of hydrogen-bond acceptors (Lipinski definition) is 2. The molecule has 1 aromatic rings. The second-order valence-electron chi connectivity index (χ2n) is 4.57. The summed E-state index contributed by atoms with van der Waals surface area (Å²) in [5, 5.41) is 3.47. The van der Waals surface area contributed by atoms with E-state index in [1.165, 1.54) is 16.8 Å². The van der Waals surface area contributed by atoms with Gasteiger partial charge in [0.1, 0.15) is 0 Å². The van der Waals surface area contributed by atoms with Gasteiger partial charge in [-0.15, -0.1) is 0 Å². The van der Waals surface area contributed by atoms with Crippen molar-refractivity contribution in [3.8, 4) is 0 Å². The largest absolute Gasteiger partial charge is 0.369 e. The molecule has 0 spiro atoms. The topological polar surface area (TPSA) is 15.3 Å². The Morgan fingerprint density at radius 1 is 1.27 bits per heavy atom. The van der Waals surface area contributed by atoms with Gasteiger partial charge >= 0.3 is 0 Å². The molecule has 0 radical (unpaired) electrons. The third-order valence-electron chi connectivity index (χ3n) is 3.22. The minimum atomic E-state index is 0.598. The maximum Gasteiger partial charge on any atom is 0.0370 e. The first-order valence-electron chi connectivity index (χ1n) is 5.72. The maximum atomic E-state index is 3.47. The Morgan fingerprint density at radius 2 is 2.07 bits per heavy atom. The molecule has 1 aliphatic heterocycles. The van der Waals surface area contributed by atoms with Crippen molar-refractivity contribution in [2.75, 3.05) is 24.5 Å². The van der Waals surface area contributed by atoms with Crippen LogP contribution in [-0.4, -0.2) is 25.7 Å². The molecule has 2 rings (SSSR count). The predicted octanol–water partition coefficient (Wildman–Crippen LogP) is 2.10. The summed E-state index contributed by atoms with van der Waals surface area (Å²) in [5.74, 6) is 0. The Balaban J connectivity index is 2.18. The summed E-state index contributed by atoms with van der Waals surface area (Å²) in [6.07, 6.45) is 0. The van der Waals surface area contributed by atoms with Crippen LogP contribution in [0.2, 0.25) is 0 Å². The third kappa shape index (κ3) is 2.32. The van der Waals surface area contributed by atoms with E-state index < -0.39 is 0 Å². The summed E-state index contributed by atoms with van der Waals surface area (Å²) in [7, 11) is 0. The molecule has 0 saturated carbocycles. The van der Waals surface area contributed by atoms with E-state index in [2.05, 4.69) is 49.2 Å². The fraction of sp³-hybridized carbons (Fsp3) is 0.538. The van der Waals surface area contributed by atoms with Crippen LogP contribution in [0, 0.1) is 13.8 Å². The van der Waals surface area contributed by atoms with Crippen molar-refractivity contribution in [1.82, 2.24) is 5.32 Å². The molecule has 1 saturated heterocycles. The van der Waals surface area contributed by atoms with Crippen LogP contribution < -0.4 is 10.2 Å². The van der Waals surface area contributed by atoms with Crippen molar-refractivity contribution >= 4 is 5.69 Å². The fourth-order valence-corrected chi connectivity index (χ4v) is 2.09. The maximum absolute atomic E-state index is 3.47. The number of nitrogens with zero attached hydrogens (tertiary/aromatic N) is 1. The zero-order chi connectivity index (χ0) is 10.8. The highest BCUT2D eigenvalue weighted by molar-refractivity contribution is 5.51. The van der Waals surface area contributed by atoms with Crippen LogP contribution in [0.3, 0.4) is 0 Å². The summed E-state index contributed by atoms with van der Waals surface area (Å²) in [5.41, 5.74) is 4.13. The van der Waals surface area contributed by atoms with Gasteiger partial charge in [-0.3, -0.25) is 0 Å². The van der Waals surface area contributed by atoms with Gasteiger partial charge in [-0.2, -0.15) is 0 Å². The van der Waals surface area contributed by atoms with E-state index >= 15 is 0 Å². The summed E-state index contributed by atoms with van der Waals surface area (Å²) in [4.78, 5) is 2.47. The van der Waals surface area contributed by atoms with E-state index in [4.69, 9.17) is 0 Å². The average Bonchev–Trinajstić information content (AvgIpc) is 2.22.